The van der Waals surface area contributed by atoms with Crippen LogP contribution in [0.4, 0.5) is 0 Å². The van der Waals surface area contributed by atoms with Gasteiger partial charge in [0.1, 0.15) is 0 Å². The molecule has 16 heavy (non-hydrogen) atoms. The van der Waals surface area contributed by atoms with E-state index in [-0.39, 0.29) is 12.4 Å². The van der Waals surface area contributed by atoms with E-state index in [1.807, 2.05) is 0 Å². The summed E-state index contributed by atoms with van der Waals surface area (Å²) in [6.45, 7) is 6.73. The summed E-state index contributed by atoms with van der Waals surface area (Å²) in [5, 5.41) is 3.90. The molecule has 2 atom stereocenters. The predicted octanol–water partition coefficient (Wildman–Crippen LogP) is 1.18. The predicted molar refractivity (Wildman–Crippen MR) is 63.1 cm³/mol. The summed E-state index contributed by atoms with van der Waals surface area (Å²) < 4.78 is 4.97. The summed E-state index contributed by atoms with van der Waals surface area (Å²) in [5.74, 6) is 2.03. The minimum atomic E-state index is 0. The summed E-state index contributed by atoms with van der Waals surface area (Å²) >= 11 is 0. The van der Waals surface area contributed by atoms with Gasteiger partial charge in [-0.25, -0.2) is 0 Å². The molecule has 1 aromatic heterocycles. The molecule has 1 saturated heterocycles. The Morgan fingerprint density at radius 2 is 2.25 bits per heavy atom. The molecule has 0 radical (unpaired) electrons. The van der Waals surface area contributed by atoms with Crippen molar-refractivity contribution in [1.29, 1.82) is 0 Å². The lowest BCUT2D eigenvalue weighted by atomic mass is 10.1. The van der Waals surface area contributed by atoms with Crippen LogP contribution in [0.5, 0.6) is 0 Å². The quantitative estimate of drug-likeness (QED) is 0.868. The molecule has 6 heteroatoms. The van der Waals surface area contributed by atoms with E-state index >= 15 is 0 Å². The molecule has 5 nitrogen and oxygen atoms in total. The van der Waals surface area contributed by atoms with Crippen molar-refractivity contribution in [2.75, 3.05) is 6.54 Å². The molecule has 2 heterocycles. The van der Waals surface area contributed by atoms with Crippen molar-refractivity contribution >= 4 is 12.4 Å². The fraction of sp³-hybridized carbons (Fsp3) is 0.800. The maximum atomic E-state index is 5.41. The average Bonchev–Trinajstić information content (AvgIpc) is 2.75. The molecule has 0 saturated carbocycles. The monoisotopic (exact) mass is 246 g/mol. The fourth-order valence-electron chi connectivity index (χ4n) is 2.23. The topological polar surface area (TPSA) is 68.2 Å². The van der Waals surface area contributed by atoms with Gasteiger partial charge >= 0.3 is 0 Å². The minimum absolute atomic E-state index is 0. The normalized spacial score (nSPS) is 25.7. The number of likely N-dealkylation sites (tertiary alicyclic amines) is 1. The summed E-state index contributed by atoms with van der Waals surface area (Å²) in [7, 11) is 0. The number of hydrogen-bond acceptors (Lipinski definition) is 5. The van der Waals surface area contributed by atoms with Gasteiger partial charge in [-0.1, -0.05) is 12.1 Å². The molecule has 0 aliphatic carbocycles. The van der Waals surface area contributed by atoms with Crippen molar-refractivity contribution in [2.45, 2.75) is 39.4 Å². The second-order valence-corrected chi connectivity index (χ2v) is 4.43. The van der Waals surface area contributed by atoms with Crippen molar-refractivity contribution in [3.63, 3.8) is 0 Å². The Morgan fingerprint density at radius 3 is 2.75 bits per heavy atom. The molecule has 1 aliphatic rings. The van der Waals surface area contributed by atoms with Crippen molar-refractivity contribution in [3.05, 3.63) is 11.7 Å². The molecule has 1 aromatic rings. The van der Waals surface area contributed by atoms with E-state index in [2.05, 4.69) is 28.9 Å². The van der Waals surface area contributed by atoms with E-state index in [1.54, 1.807) is 0 Å². The molecule has 1 aliphatic heterocycles. The zero-order valence-corrected chi connectivity index (χ0v) is 10.5. The highest BCUT2D eigenvalue weighted by Crippen LogP contribution is 2.23. The van der Waals surface area contributed by atoms with Gasteiger partial charge in [0.15, 0.2) is 5.82 Å². The van der Waals surface area contributed by atoms with E-state index in [0.717, 1.165) is 24.8 Å². The smallest absolute Gasteiger partial charge is 0.240 e. The molecular weight excluding hydrogens is 228 g/mol. The first-order valence-corrected chi connectivity index (χ1v) is 5.44. The first-order valence-electron chi connectivity index (χ1n) is 5.44. The first kappa shape index (κ1) is 13.4. The molecule has 1 fully saturated rings. The largest absolute Gasteiger partial charge is 0.338 e. The molecular formula is C10H19ClN4O. The molecule has 0 spiro atoms. The summed E-state index contributed by atoms with van der Waals surface area (Å²) in [5.41, 5.74) is 5.41. The molecule has 0 aromatic carbocycles. The number of hydrogen-bond donors (Lipinski definition) is 1. The third-order valence-corrected chi connectivity index (χ3v) is 2.94. The van der Waals surface area contributed by atoms with Crippen LogP contribution in [0, 0.1) is 5.92 Å². The van der Waals surface area contributed by atoms with Crippen LogP contribution in [-0.4, -0.2) is 27.6 Å². The minimum Gasteiger partial charge on any atom is -0.338 e. The van der Waals surface area contributed by atoms with Gasteiger partial charge in [0.2, 0.25) is 5.89 Å². The highest BCUT2D eigenvalue weighted by atomic mass is 35.5. The first-order chi connectivity index (χ1) is 7.19. The number of aromatic nitrogens is 2. The Bertz CT molecular complexity index is 330. The second kappa shape index (κ2) is 5.61. The molecule has 0 bridgehead atoms. The molecule has 92 valence electrons. The third-order valence-electron chi connectivity index (χ3n) is 2.94. The van der Waals surface area contributed by atoms with Crippen LogP contribution >= 0.6 is 12.4 Å². The van der Waals surface area contributed by atoms with Crippen molar-refractivity contribution in [3.8, 4) is 0 Å². The van der Waals surface area contributed by atoms with Crippen LogP contribution < -0.4 is 5.73 Å². The van der Waals surface area contributed by atoms with Gasteiger partial charge < -0.3 is 10.3 Å². The summed E-state index contributed by atoms with van der Waals surface area (Å²) in [6, 6.07) is 0.611. The van der Waals surface area contributed by atoms with Crippen LogP contribution in [0.3, 0.4) is 0 Å². The van der Waals surface area contributed by atoms with Gasteiger partial charge in [-0.3, -0.25) is 4.90 Å². The Kier molecular flexibility index (Phi) is 4.70. The van der Waals surface area contributed by atoms with Gasteiger partial charge in [0, 0.05) is 12.6 Å². The van der Waals surface area contributed by atoms with Crippen LogP contribution in [-0.2, 0) is 13.1 Å². The van der Waals surface area contributed by atoms with Gasteiger partial charge in [-0.05, 0) is 19.3 Å². The summed E-state index contributed by atoms with van der Waals surface area (Å²) in [4.78, 5) is 6.59. The van der Waals surface area contributed by atoms with Crippen molar-refractivity contribution < 1.29 is 4.52 Å². The van der Waals surface area contributed by atoms with Crippen LogP contribution in [0.1, 0.15) is 32.0 Å². The Morgan fingerprint density at radius 1 is 1.50 bits per heavy atom. The van der Waals surface area contributed by atoms with E-state index in [9.17, 15) is 0 Å². The maximum Gasteiger partial charge on any atom is 0.240 e. The van der Waals surface area contributed by atoms with E-state index < -0.39 is 0 Å². The number of nitrogens with zero attached hydrogens (tertiary/aromatic N) is 3. The zero-order valence-electron chi connectivity index (χ0n) is 9.72. The lowest BCUT2D eigenvalue weighted by Gasteiger charge is -2.18. The number of halogens is 1. The summed E-state index contributed by atoms with van der Waals surface area (Å²) in [6.07, 6.45) is 1.25. The lowest BCUT2D eigenvalue weighted by Crippen LogP contribution is -2.27. The Labute approximate surface area is 102 Å². The van der Waals surface area contributed by atoms with Crippen LogP contribution in [0.25, 0.3) is 0 Å². The standard InChI is InChI=1S/C10H18N4O.ClH/c1-7-3-8(2)14(5-7)6-9-12-10(4-11)15-13-9;/h7-8H,3-6,11H2,1-2H3;1H. The molecule has 2 rings (SSSR count). The van der Waals surface area contributed by atoms with Crippen molar-refractivity contribution in [2.24, 2.45) is 11.7 Å². The lowest BCUT2D eigenvalue weighted by molar-refractivity contribution is 0.245. The van der Waals surface area contributed by atoms with E-state index in [4.69, 9.17) is 10.3 Å². The highest BCUT2D eigenvalue weighted by Gasteiger charge is 2.26. The number of nitrogens with two attached hydrogens (primary N) is 1. The van der Waals surface area contributed by atoms with Crippen LogP contribution in [0.15, 0.2) is 4.52 Å². The Hall–Kier alpha value is -0.650. The van der Waals surface area contributed by atoms with E-state index in [0.29, 0.717) is 18.5 Å². The molecule has 2 unspecified atom stereocenters. The van der Waals surface area contributed by atoms with Crippen LogP contribution in [0.2, 0.25) is 0 Å². The Balaban J connectivity index is 0.00000128. The van der Waals surface area contributed by atoms with Gasteiger partial charge in [-0.2, -0.15) is 4.98 Å². The van der Waals surface area contributed by atoms with Gasteiger partial charge in [0.05, 0.1) is 13.1 Å². The third kappa shape index (κ3) is 2.93. The highest BCUT2D eigenvalue weighted by molar-refractivity contribution is 5.85. The SMILES string of the molecule is CC1CC(C)N(Cc2noc(CN)n2)C1.Cl. The van der Waals surface area contributed by atoms with Crippen molar-refractivity contribution in [1.82, 2.24) is 15.0 Å². The molecule has 2 N–H and O–H groups in total. The fourth-order valence-corrected chi connectivity index (χ4v) is 2.23. The van der Waals surface area contributed by atoms with Gasteiger partial charge in [-0.15, -0.1) is 12.4 Å². The second-order valence-electron chi connectivity index (χ2n) is 4.43. The van der Waals surface area contributed by atoms with Gasteiger partial charge in [0.25, 0.3) is 0 Å². The maximum absolute atomic E-state index is 5.41. The average molecular weight is 247 g/mol. The molecule has 0 amide bonds. The van der Waals surface area contributed by atoms with E-state index in [1.165, 1.54) is 6.42 Å². The number of rotatable bonds is 3. The zero-order chi connectivity index (χ0) is 10.8.